The van der Waals surface area contributed by atoms with E-state index in [2.05, 4.69) is 10.2 Å². The van der Waals surface area contributed by atoms with Gasteiger partial charge in [0.15, 0.2) is 6.61 Å². The zero-order chi connectivity index (χ0) is 20.0. The summed E-state index contributed by atoms with van der Waals surface area (Å²) in [5.41, 5.74) is 1.63. The number of amides is 1. The molecule has 0 saturated carbocycles. The van der Waals surface area contributed by atoms with E-state index in [-0.39, 0.29) is 10.5 Å². The third-order valence-corrected chi connectivity index (χ3v) is 5.31. The van der Waals surface area contributed by atoms with Crippen molar-refractivity contribution < 1.29 is 27.6 Å². The summed E-state index contributed by atoms with van der Waals surface area (Å²) in [6, 6.07) is 12.4. The van der Waals surface area contributed by atoms with Gasteiger partial charge in [0.25, 0.3) is 15.9 Å². The van der Waals surface area contributed by atoms with E-state index in [0.29, 0.717) is 10.2 Å². The number of carbonyl (C=O) groups is 2. The molecular formula is C18H20N2O6S. The summed E-state index contributed by atoms with van der Waals surface area (Å²) in [5.74, 6) is -1.32. The number of nitrogens with one attached hydrogen (secondary N) is 1. The van der Waals surface area contributed by atoms with Gasteiger partial charge < -0.3 is 10.1 Å². The Labute approximate surface area is 157 Å². The third kappa shape index (κ3) is 5.36. The van der Waals surface area contributed by atoms with Crippen molar-refractivity contribution in [2.24, 2.45) is 0 Å². The molecule has 0 aliphatic heterocycles. The van der Waals surface area contributed by atoms with Crippen molar-refractivity contribution >= 4 is 27.6 Å². The summed E-state index contributed by atoms with van der Waals surface area (Å²) in [6.07, 6.45) is 0. The van der Waals surface area contributed by atoms with Gasteiger partial charge in [-0.1, -0.05) is 28.2 Å². The van der Waals surface area contributed by atoms with Crippen LogP contribution in [0.4, 0.5) is 5.69 Å². The van der Waals surface area contributed by atoms with Crippen molar-refractivity contribution in [1.82, 2.24) is 4.47 Å². The second kappa shape index (κ2) is 8.76. The maximum absolute atomic E-state index is 12.2. The van der Waals surface area contributed by atoms with E-state index in [9.17, 15) is 18.0 Å². The van der Waals surface area contributed by atoms with Crippen molar-refractivity contribution in [3.63, 3.8) is 0 Å². The van der Waals surface area contributed by atoms with Gasteiger partial charge in [-0.3, -0.25) is 9.63 Å². The van der Waals surface area contributed by atoms with E-state index in [1.807, 2.05) is 19.1 Å². The molecule has 1 N–H and O–H groups in total. The molecule has 0 radical (unpaired) electrons. The molecular weight excluding hydrogens is 372 g/mol. The maximum atomic E-state index is 12.2. The van der Waals surface area contributed by atoms with E-state index >= 15 is 0 Å². The minimum atomic E-state index is -3.90. The van der Waals surface area contributed by atoms with Gasteiger partial charge in [0.1, 0.15) is 0 Å². The largest absolute Gasteiger partial charge is 0.452 e. The fourth-order valence-corrected chi connectivity index (χ4v) is 3.10. The van der Waals surface area contributed by atoms with Gasteiger partial charge in [0.2, 0.25) is 0 Å². The van der Waals surface area contributed by atoms with Crippen molar-refractivity contribution in [3.8, 4) is 0 Å². The molecule has 0 saturated heterocycles. The van der Waals surface area contributed by atoms with Crippen LogP contribution in [0, 0.1) is 6.92 Å². The maximum Gasteiger partial charge on any atom is 0.338 e. The van der Waals surface area contributed by atoms with Crippen LogP contribution in [0.1, 0.15) is 15.9 Å². The smallest absolute Gasteiger partial charge is 0.338 e. The Hall–Kier alpha value is -2.75. The first kappa shape index (κ1) is 20.6. The molecule has 0 aromatic heterocycles. The predicted molar refractivity (Wildman–Crippen MR) is 98.5 cm³/mol. The molecule has 2 aromatic rings. The Kier molecular flexibility index (Phi) is 6.67. The number of aryl methyl sites for hydroxylation is 1. The van der Waals surface area contributed by atoms with Crippen LogP contribution in [-0.4, -0.2) is 45.5 Å². The topological polar surface area (TPSA) is 102 Å². The van der Waals surface area contributed by atoms with Gasteiger partial charge in [-0.25, -0.2) is 13.2 Å². The first-order valence-corrected chi connectivity index (χ1v) is 9.35. The Morgan fingerprint density at radius 1 is 1.11 bits per heavy atom. The number of sulfonamides is 1. The molecule has 0 aliphatic carbocycles. The second-order valence-electron chi connectivity index (χ2n) is 5.62. The average molecular weight is 392 g/mol. The molecule has 0 heterocycles. The molecule has 8 nitrogen and oxygen atoms in total. The highest BCUT2D eigenvalue weighted by Gasteiger charge is 2.22. The highest BCUT2D eigenvalue weighted by Crippen LogP contribution is 2.16. The van der Waals surface area contributed by atoms with E-state index in [4.69, 9.17) is 4.74 Å². The second-order valence-corrected chi connectivity index (χ2v) is 7.55. The number of anilines is 1. The van der Waals surface area contributed by atoms with Crippen LogP contribution in [-0.2, 0) is 24.4 Å². The number of hydroxylamine groups is 1. The molecule has 27 heavy (non-hydrogen) atoms. The first-order chi connectivity index (χ1) is 12.7. The molecule has 1 amide bonds. The number of hydrogen-bond acceptors (Lipinski definition) is 6. The lowest BCUT2D eigenvalue weighted by Gasteiger charge is -2.14. The highest BCUT2D eigenvalue weighted by atomic mass is 32.2. The van der Waals surface area contributed by atoms with Crippen LogP contribution in [0.2, 0.25) is 0 Å². The van der Waals surface area contributed by atoms with Gasteiger partial charge in [0.05, 0.1) is 17.6 Å². The Morgan fingerprint density at radius 2 is 1.78 bits per heavy atom. The molecule has 0 unspecified atom stereocenters. The zero-order valence-electron chi connectivity index (χ0n) is 15.1. The quantitative estimate of drug-likeness (QED) is 0.571. The number of esters is 1. The fourth-order valence-electron chi connectivity index (χ4n) is 2.08. The number of carbonyl (C=O) groups excluding carboxylic acids is 2. The van der Waals surface area contributed by atoms with Gasteiger partial charge in [-0.2, -0.15) is 0 Å². The van der Waals surface area contributed by atoms with Gasteiger partial charge in [-0.05, 0) is 37.3 Å². The fraction of sp³-hybridized carbons (Fsp3) is 0.222. The molecule has 2 rings (SSSR count). The molecule has 0 aliphatic rings. The number of ether oxygens (including phenoxy) is 1. The first-order valence-electron chi connectivity index (χ1n) is 7.91. The van der Waals surface area contributed by atoms with Crippen molar-refractivity contribution in [2.75, 3.05) is 26.1 Å². The molecule has 0 fully saturated rings. The summed E-state index contributed by atoms with van der Waals surface area (Å²) in [4.78, 5) is 28.6. The van der Waals surface area contributed by atoms with Crippen LogP contribution < -0.4 is 5.32 Å². The van der Waals surface area contributed by atoms with Crippen LogP contribution >= 0.6 is 0 Å². The van der Waals surface area contributed by atoms with Crippen LogP contribution in [0.5, 0.6) is 0 Å². The molecule has 9 heteroatoms. The summed E-state index contributed by atoms with van der Waals surface area (Å²) >= 11 is 0. The van der Waals surface area contributed by atoms with Crippen LogP contribution in [0.15, 0.2) is 53.4 Å². The normalized spacial score (nSPS) is 11.3. The monoisotopic (exact) mass is 392 g/mol. The Bertz CT molecular complexity index is 925. The minimum Gasteiger partial charge on any atom is -0.452 e. The SMILES string of the molecule is CON(C)S(=O)(=O)c1cccc(C(=O)OCC(=O)Nc2ccc(C)cc2)c1. The molecule has 0 atom stereocenters. The summed E-state index contributed by atoms with van der Waals surface area (Å²) in [6.45, 7) is 1.42. The molecule has 2 aromatic carbocycles. The van der Waals surface area contributed by atoms with E-state index in [0.717, 1.165) is 11.6 Å². The summed E-state index contributed by atoms with van der Waals surface area (Å²) in [5, 5.41) is 2.60. The number of benzene rings is 2. The predicted octanol–water partition coefficient (Wildman–Crippen LogP) is 1.97. The van der Waals surface area contributed by atoms with Crippen LogP contribution in [0.3, 0.4) is 0 Å². The molecule has 0 bridgehead atoms. The standard InChI is InChI=1S/C18H20N2O6S/c1-13-7-9-15(10-8-13)19-17(21)12-26-18(22)14-5-4-6-16(11-14)27(23,24)20(2)25-3/h4-11H,12H2,1-3H3,(H,19,21). The molecule has 144 valence electrons. The average Bonchev–Trinajstić information content (AvgIpc) is 2.67. The van der Waals surface area contributed by atoms with Gasteiger partial charge in [0, 0.05) is 12.7 Å². The lowest BCUT2D eigenvalue weighted by Crippen LogP contribution is -2.26. The Balaban J connectivity index is 2.01. The third-order valence-electron chi connectivity index (χ3n) is 3.63. The van der Waals surface area contributed by atoms with Crippen molar-refractivity contribution in [2.45, 2.75) is 11.8 Å². The van der Waals surface area contributed by atoms with Gasteiger partial charge in [-0.15, -0.1) is 0 Å². The highest BCUT2D eigenvalue weighted by molar-refractivity contribution is 7.89. The summed E-state index contributed by atoms with van der Waals surface area (Å²) in [7, 11) is -1.45. The number of rotatable bonds is 7. The van der Waals surface area contributed by atoms with E-state index < -0.39 is 28.5 Å². The van der Waals surface area contributed by atoms with Crippen molar-refractivity contribution in [1.29, 1.82) is 0 Å². The van der Waals surface area contributed by atoms with Crippen molar-refractivity contribution in [3.05, 3.63) is 59.7 Å². The van der Waals surface area contributed by atoms with Gasteiger partial charge >= 0.3 is 5.97 Å². The van der Waals surface area contributed by atoms with E-state index in [1.165, 1.54) is 32.4 Å². The zero-order valence-corrected chi connectivity index (χ0v) is 15.9. The van der Waals surface area contributed by atoms with E-state index in [1.54, 1.807) is 12.1 Å². The molecule has 0 spiro atoms. The summed E-state index contributed by atoms with van der Waals surface area (Å²) < 4.78 is 30.1. The van der Waals surface area contributed by atoms with Crippen LogP contribution in [0.25, 0.3) is 0 Å². The lowest BCUT2D eigenvalue weighted by molar-refractivity contribution is -0.119. The number of hydrogen-bond donors (Lipinski definition) is 1. The minimum absolute atomic E-state index is 0.00344. The lowest BCUT2D eigenvalue weighted by atomic mass is 10.2. The Morgan fingerprint density at radius 3 is 2.41 bits per heavy atom. The number of nitrogens with zero attached hydrogens (tertiary/aromatic N) is 1.